The topological polar surface area (TPSA) is 81.0 Å². The van der Waals surface area contributed by atoms with Gasteiger partial charge in [-0.2, -0.15) is 0 Å². The van der Waals surface area contributed by atoms with E-state index in [1.54, 1.807) is 31.5 Å². The number of hydrogen-bond donors (Lipinski definition) is 1. The Kier molecular flexibility index (Phi) is 4.15. The average molecular weight is 258 g/mol. The predicted molar refractivity (Wildman–Crippen MR) is 70.4 cm³/mol. The molecule has 0 atom stereocenters. The van der Waals surface area contributed by atoms with Crippen LogP contribution in [0, 0.1) is 17.0 Å². The summed E-state index contributed by atoms with van der Waals surface area (Å²) in [6, 6.07) is 6.84. The van der Waals surface area contributed by atoms with Crippen molar-refractivity contribution in [2.75, 3.05) is 0 Å². The van der Waals surface area contributed by atoms with Gasteiger partial charge in [-0.15, -0.1) is 0 Å². The molecule has 2 rings (SSSR count). The van der Waals surface area contributed by atoms with E-state index in [1.165, 1.54) is 6.07 Å². The summed E-state index contributed by atoms with van der Waals surface area (Å²) in [5.74, 6) is 0.700. The van der Waals surface area contributed by atoms with Gasteiger partial charge in [-0.1, -0.05) is 12.1 Å². The lowest BCUT2D eigenvalue weighted by atomic mass is 10.1. The first-order chi connectivity index (χ1) is 9.18. The number of benzene rings is 1. The lowest BCUT2D eigenvalue weighted by Gasteiger charge is -2.07. The van der Waals surface area contributed by atoms with Crippen LogP contribution in [0.25, 0.3) is 0 Å². The Morgan fingerprint density at radius 1 is 1.21 bits per heavy atom. The Morgan fingerprint density at radius 2 is 1.95 bits per heavy atom. The van der Waals surface area contributed by atoms with Crippen molar-refractivity contribution in [3.63, 3.8) is 0 Å². The number of nitrogens with one attached hydrogen (secondary N) is 1. The molecule has 0 aliphatic carbocycles. The highest BCUT2D eigenvalue weighted by Gasteiger charge is 2.12. The molecule has 0 unspecified atom stereocenters. The maximum absolute atomic E-state index is 10.8. The summed E-state index contributed by atoms with van der Waals surface area (Å²) in [6.07, 6.45) is 3.37. The molecule has 6 nitrogen and oxygen atoms in total. The quantitative estimate of drug-likeness (QED) is 0.655. The molecule has 98 valence electrons. The van der Waals surface area contributed by atoms with E-state index in [2.05, 4.69) is 15.3 Å². The molecule has 0 spiro atoms. The highest BCUT2D eigenvalue weighted by Crippen LogP contribution is 2.20. The van der Waals surface area contributed by atoms with E-state index in [9.17, 15) is 10.1 Å². The van der Waals surface area contributed by atoms with Crippen LogP contribution in [-0.4, -0.2) is 14.9 Å². The minimum absolute atomic E-state index is 0.148. The minimum Gasteiger partial charge on any atom is -0.306 e. The van der Waals surface area contributed by atoms with Gasteiger partial charge in [0, 0.05) is 30.6 Å². The molecule has 0 amide bonds. The summed E-state index contributed by atoms with van der Waals surface area (Å²) >= 11 is 0. The molecule has 0 aliphatic rings. The third kappa shape index (κ3) is 3.32. The Labute approximate surface area is 110 Å². The predicted octanol–water partition coefficient (Wildman–Crippen LogP) is 1.98. The monoisotopic (exact) mass is 258 g/mol. The number of nitro benzene ring substituents is 1. The lowest BCUT2D eigenvalue weighted by molar-refractivity contribution is -0.385. The maximum Gasteiger partial charge on any atom is 0.272 e. The molecule has 0 aliphatic heterocycles. The first-order valence-electron chi connectivity index (χ1n) is 5.88. The van der Waals surface area contributed by atoms with E-state index in [-0.39, 0.29) is 10.6 Å². The van der Waals surface area contributed by atoms with E-state index in [4.69, 9.17) is 0 Å². The summed E-state index contributed by atoms with van der Waals surface area (Å²) in [5.41, 5.74) is 1.74. The highest BCUT2D eigenvalue weighted by molar-refractivity contribution is 5.44. The zero-order valence-electron chi connectivity index (χ0n) is 10.5. The molecule has 0 bridgehead atoms. The summed E-state index contributed by atoms with van der Waals surface area (Å²) in [6.45, 7) is 2.84. The van der Waals surface area contributed by atoms with E-state index in [0.29, 0.717) is 24.5 Å². The SMILES string of the molecule is Cc1c(CNCc2ncccn2)cccc1[N+](=O)[O-]. The Morgan fingerprint density at radius 3 is 2.63 bits per heavy atom. The standard InChI is InChI=1S/C13H14N4O2/c1-10-11(4-2-5-12(10)17(18)19)8-14-9-13-15-6-3-7-16-13/h2-7,14H,8-9H2,1H3. The van der Waals surface area contributed by atoms with Crippen LogP contribution in [0.3, 0.4) is 0 Å². The number of nitrogens with zero attached hydrogens (tertiary/aromatic N) is 3. The summed E-state index contributed by atoms with van der Waals surface area (Å²) in [7, 11) is 0. The number of nitro groups is 1. The van der Waals surface area contributed by atoms with E-state index >= 15 is 0 Å². The van der Waals surface area contributed by atoms with E-state index in [1.807, 2.05) is 6.07 Å². The second-order valence-corrected chi connectivity index (χ2v) is 4.09. The van der Waals surface area contributed by atoms with Gasteiger partial charge in [0.25, 0.3) is 5.69 Å². The fraction of sp³-hybridized carbons (Fsp3) is 0.231. The van der Waals surface area contributed by atoms with Gasteiger partial charge in [0.2, 0.25) is 0 Å². The van der Waals surface area contributed by atoms with Crippen LogP contribution in [0.2, 0.25) is 0 Å². The number of rotatable bonds is 5. The van der Waals surface area contributed by atoms with Crippen LogP contribution < -0.4 is 5.32 Å². The van der Waals surface area contributed by atoms with Gasteiger partial charge in [-0.05, 0) is 18.6 Å². The van der Waals surface area contributed by atoms with Gasteiger partial charge in [-0.3, -0.25) is 10.1 Å². The van der Waals surface area contributed by atoms with Crippen LogP contribution in [0.15, 0.2) is 36.7 Å². The molecule has 1 N–H and O–H groups in total. The van der Waals surface area contributed by atoms with Crippen molar-refractivity contribution < 1.29 is 4.92 Å². The molecule has 0 saturated heterocycles. The van der Waals surface area contributed by atoms with Crippen molar-refractivity contribution in [1.29, 1.82) is 0 Å². The first-order valence-corrected chi connectivity index (χ1v) is 5.88. The first kappa shape index (κ1) is 13.1. The fourth-order valence-corrected chi connectivity index (χ4v) is 1.79. The van der Waals surface area contributed by atoms with Crippen LogP contribution in [0.4, 0.5) is 5.69 Å². The number of hydrogen-bond acceptors (Lipinski definition) is 5. The molecule has 6 heteroatoms. The molecule has 1 heterocycles. The molecule has 0 radical (unpaired) electrons. The van der Waals surface area contributed by atoms with Crippen molar-refractivity contribution in [1.82, 2.24) is 15.3 Å². The minimum atomic E-state index is -0.362. The Balaban J connectivity index is 2.00. The van der Waals surface area contributed by atoms with Crippen molar-refractivity contribution in [2.24, 2.45) is 0 Å². The fourth-order valence-electron chi connectivity index (χ4n) is 1.79. The normalized spacial score (nSPS) is 10.4. The third-order valence-electron chi connectivity index (χ3n) is 2.83. The second-order valence-electron chi connectivity index (χ2n) is 4.09. The van der Waals surface area contributed by atoms with Gasteiger partial charge in [0.05, 0.1) is 11.5 Å². The summed E-state index contributed by atoms with van der Waals surface area (Å²) in [5, 5.41) is 14.0. The Hall–Kier alpha value is -2.34. The average Bonchev–Trinajstić information content (AvgIpc) is 2.41. The molecule has 0 saturated carbocycles. The van der Waals surface area contributed by atoms with Gasteiger partial charge in [-0.25, -0.2) is 9.97 Å². The van der Waals surface area contributed by atoms with Crippen LogP contribution in [0.1, 0.15) is 17.0 Å². The van der Waals surface area contributed by atoms with Crippen LogP contribution >= 0.6 is 0 Å². The van der Waals surface area contributed by atoms with Crippen molar-refractivity contribution >= 4 is 5.69 Å². The summed E-state index contributed by atoms with van der Waals surface area (Å²) in [4.78, 5) is 18.7. The van der Waals surface area contributed by atoms with Gasteiger partial charge in [0.1, 0.15) is 5.82 Å². The number of aromatic nitrogens is 2. The highest BCUT2D eigenvalue weighted by atomic mass is 16.6. The second kappa shape index (κ2) is 6.01. The molecular weight excluding hydrogens is 244 g/mol. The zero-order valence-corrected chi connectivity index (χ0v) is 10.5. The molecule has 1 aromatic carbocycles. The lowest BCUT2D eigenvalue weighted by Crippen LogP contribution is -2.15. The van der Waals surface area contributed by atoms with Crippen molar-refractivity contribution in [3.8, 4) is 0 Å². The maximum atomic E-state index is 10.8. The molecule has 0 fully saturated rings. The molecule has 2 aromatic rings. The van der Waals surface area contributed by atoms with E-state index < -0.39 is 0 Å². The smallest absolute Gasteiger partial charge is 0.272 e. The van der Waals surface area contributed by atoms with Gasteiger partial charge >= 0.3 is 0 Å². The summed E-state index contributed by atoms with van der Waals surface area (Å²) < 4.78 is 0. The van der Waals surface area contributed by atoms with Crippen molar-refractivity contribution in [3.05, 3.63) is 63.7 Å². The molecule has 1 aromatic heterocycles. The molecular formula is C13H14N4O2. The van der Waals surface area contributed by atoms with Gasteiger partial charge < -0.3 is 5.32 Å². The van der Waals surface area contributed by atoms with Crippen LogP contribution in [0.5, 0.6) is 0 Å². The zero-order chi connectivity index (χ0) is 13.7. The van der Waals surface area contributed by atoms with E-state index in [0.717, 1.165) is 5.56 Å². The third-order valence-corrected chi connectivity index (χ3v) is 2.83. The van der Waals surface area contributed by atoms with Gasteiger partial charge in [0.15, 0.2) is 0 Å². The molecule has 19 heavy (non-hydrogen) atoms. The van der Waals surface area contributed by atoms with Crippen molar-refractivity contribution in [2.45, 2.75) is 20.0 Å². The Bertz CT molecular complexity index is 572. The van der Waals surface area contributed by atoms with Crippen LogP contribution in [-0.2, 0) is 13.1 Å². The largest absolute Gasteiger partial charge is 0.306 e.